The third-order valence-corrected chi connectivity index (χ3v) is 4.94. The molecule has 0 aliphatic rings. The molecule has 0 amide bonds. The lowest BCUT2D eigenvalue weighted by atomic mass is 10.5. The molecule has 7 nitrogen and oxygen atoms in total. The number of aromatic amines is 1. The van der Waals surface area contributed by atoms with Gasteiger partial charge in [-0.15, -0.1) is 0 Å². The van der Waals surface area contributed by atoms with Crippen LogP contribution in [0.15, 0.2) is 0 Å². The maximum Gasteiger partial charge on any atom is 0.223 e. The Balaban J connectivity index is 2.83. The van der Waals surface area contributed by atoms with Gasteiger partial charge in [0.1, 0.15) is 11.1 Å². The molecule has 17 heavy (non-hydrogen) atoms. The van der Waals surface area contributed by atoms with E-state index in [9.17, 15) is 8.42 Å². The van der Waals surface area contributed by atoms with E-state index < -0.39 is 15.3 Å². The third-order valence-electron chi connectivity index (χ3n) is 2.29. The second kappa shape index (κ2) is 5.07. The standard InChI is InChI=1S/C8H15N5O2S2/c1-5(8(9)16)17(14,15)13(3)4-7-10-6(2)11-12-7/h5H,4H2,1-3H3,(H2,9,16)(H,10,11,12). The summed E-state index contributed by atoms with van der Waals surface area (Å²) in [5, 5.41) is 5.61. The normalized spacial score (nSPS) is 13.9. The summed E-state index contributed by atoms with van der Waals surface area (Å²) < 4.78 is 25.1. The molecule has 0 bridgehead atoms. The van der Waals surface area contributed by atoms with Crippen LogP contribution in [0, 0.1) is 6.92 Å². The highest BCUT2D eigenvalue weighted by molar-refractivity contribution is 7.92. The minimum absolute atomic E-state index is 0.0528. The zero-order valence-electron chi connectivity index (χ0n) is 9.84. The van der Waals surface area contributed by atoms with Crippen LogP contribution in [-0.4, -0.2) is 45.2 Å². The van der Waals surface area contributed by atoms with Crippen LogP contribution in [-0.2, 0) is 16.6 Å². The lowest BCUT2D eigenvalue weighted by molar-refractivity contribution is 0.455. The molecule has 1 rings (SSSR count). The minimum atomic E-state index is -3.55. The molecule has 1 aromatic heterocycles. The molecular formula is C8H15N5O2S2. The van der Waals surface area contributed by atoms with Gasteiger partial charge in [0.15, 0.2) is 5.82 Å². The molecule has 0 aromatic carbocycles. The molecule has 3 N–H and O–H groups in total. The van der Waals surface area contributed by atoms with Gasteiger partial charge in [-0.2, -0.15) is 9.40 Å². The number of H-pyrrole nitrogens is 1. The van der Waals surface area contributed by atoms with Crippen molar-refractivity contribution in [3.63, 3.8) is 0 Å². The summed E-state index contributed by atoms with van der Waals surface area (Å²) in [6.45, 7) is 3.28. The van der Waals surface area contributed by atoms with Crippen molar-refractivity contribution in [2.24, 2.45) is 5.73 Å². The summed E-state index contributed by atoms with van der Waals surface area (Å²) in [5.41, 5.74) is 5.35. The molecule has 0 radical (unpaired) electrons. The fourth-order valence-electron chi connectivity index (χ4n) is 1.17. The van der Waals surface area contributed by atoms with Gasteiger partial charge in [0.05, 0.1) is 11.5 Å². The number of rotatable bonds is 5. The summed E-state index contributed by atoms with van der Waals surface area (Å²) in [6.07, 6.45) is 0. The summed E-state index contributed by atoms with van der Waals surface area (Å²) in [6, 6.07) is 0. The first-order valence-electron chi connectivity index (χ1n) is 4.87. The minimum Gasteiger partial charge on any atom is -0.392 e. The third kappa shape index (κ3) is 3.20. The van der Waals surface area contributed by atoms with Gasteiger partial charge < -0.3 is 5.73 Å². The number of thiocarbonyl (C=S) groups is 1. The van der Waals surface area contributed by atoms with E-state index in [1.165, 1.54) is 14.0 Å². The molecule has 0 aliphatic heterocycles. The molecule has 0 aliphatic carbocycles. The van der Waals surface area contributed by atoms with Gasteiger partial charge in [-0.05, 0) is 13.8 Å². The number of nitrogens with two attached hydrogens (primary N) is 1. The van der Waals surface area contributed by atoms with Crippen LogP contribution in [0.2, 0.25) is 0 Å². The quantitative estimate of drug-likeness (QED) is 0.706. The number of hydrogen-bond donors (Lipinski definition) is 2. The van der Waals surface area contributed by atoms with Gasteiger partial charge in [-0.1, -0.05) is 12.2 Å². The zero-order valence-corrected chi connectivity index (χ0v) is 11.5. The van der Waals surface area contributed by atoms with Crippen molar-refractivity contribution in [3.05, 3.63) is 11.6 Å². The van der Waals surface area contributed by atoms with Crippen LogP contribution in [0.5, 0.6) is 0 Å². The van der Waals surface area contributed by atoms with E-state index in [0.29, 0.717) is 11.6 Å². The fraction of sp³-hybridized carbons (Fsp3) is 0.625. The van der Waals surface area contributed by atoms with Gasteiger partial charge >= 0.3 is 0 Å². The van der Waals surface area contributed by atoms with Crippen molar-refractivity contribution in [1.29, 1.82) is 0 Å². The Hall–Kier alpha value is -1.06. The molecule has 0 spiro atoms. The highest BCUT2D eigenvalue weighted by Crippen LogP contribution is 2.10. The van der Waals surface area contributed by atoms with Crippen LogP contribution in [0.3, 0.4) is 0 Å². The van der Waals surface area contributed by atoms with Crippen LogP contribution >= 0.6 is 12.2 Å². The van der Waals surface area contributed by atoms with Gasteiger partial charge in [0.25, 0.3) is 0 Å². The van der Waals surface area contributed by atoms with Crippen LogP contribution in [0.25, 0.3) is 0 Å². The lowest BCUT2D eigenvalue weighted by Crippen LogP contribution is -2.40. The molecule has 9 heteroatoms. The van der Waals surface area contributed by atoms with E-state index in [1.807, 2.05) is 0 Å². The highest BCUT2D eigenvalue weighted by atomic mass is 32.2. The van der Waals surface area contributed by atoms with Crippen molar-refractivity contribution >= 4 is 27.2 Å². The highest BCUT2D eigenvalue weighted by Gasteiger charge is 2.28. The molecule has 1 atom stereocenters. The van der Waals surface area contributed by atoms with Crippen LogP contribution in [0.1, 0.15) is 18.6 Å². The number of nitrogens with zero attached hydrogens (tertiary/aromatic N) is 3. The van der Waals surface area contributed by atoms with E-state index >= 15 is 0 Å². The second-order valence-corrected chi connectivity index (χ2v) is 6.51. The summed E-state index contributed by atoms with van der Waals surface area (Å²) in [4.78, 5) is 3.98. The Morgan fingerprint density at radius 1 is 1.65 bits per heavy atom. The summed E-state index contributed by atoms with van der Waals surface area (Å²) >= 11 is 4.69. The Bertz CT molecular complexity index is 510. The monoisotopic (exact) mass is 277 g/mol. The van der Waals surface area contributed by atoms with Crippen molar-refractivity contribution in [3.8, 4) is 0 Å². The van der Waals surface area contributed by atoms with Gasteiger partial charge in [-0.25, -0.2) is 13.4 Å². The molecule has 1 heterocycles. The molecular weight excluding hydrogens is 262 g/mol. The fourth-order valence-corrected chi connectivity index (χ4v) is 2.66. The Kier molecular flexibility index (Phi) is 4.17. The molecule has 0 saturated carbocycles. The van der Waals surface area contributed by atoms with Crippen molar-refractivity contribution in [1.82, 2.24) is 19.5 Å². The number of hydrogen-bond acceptors (Lipinski definition) is 5. The Labute approximate surface area is 105 Å². The first-order chi connectivity index (χ1) is 7.75. The predicted molar refractivity (Wildman–Crippen MR) is 67.8 cm³/mol. The average Bonchev–Trinajstić information content (AvgIpc) is 2.62. The largest absolute Gasteiger partial charge is 0.392 e. The topological polar surface area (TPSA) is 105 Å². The van der Waals surface area contributed by atoms with Crippen molar-refractivity contribution in [2.45, 2.75) is 25.6 Å². The maximum absolute atomic E-state index is 12.0. The van der Waals surface area contributed by atoms with E-state index in [2.05, 4.69) is 27.4 Å². The van der Waals surface area contributed by atoms with E-state index in [4.69, 9.17) is 5.73 Å². The SMILES string of the molecule is Cc1nc(CN(C)S(=O)(=O)C(C)C(N)=S)n[nH]1. The van der Waals surface area contributed by atoms with Crippen LogP contribution in [0.4, 0.5) is 0 Å². The second-order valence-electron chi connectivity index (χ2n) is 3.68. The molecule has 0 fully saturated rings. The van der Waals surface area contributed by atoms with Crippen LogP contribution < -0.4 is 5.73 Å². The number of sulfonamides is 1. The molecule has 1 unspecified atom stereocenters. The first-order valence-corrected chi connectivity index (χ1v) is 6.78. The molecule has 0 saturated heterocycles. The number of aryl methyl sites for hydroxylation is 1. The van der Waals surface area contributed by atoms with Gasteiger partial charge in [-0.3, -0.25) is 5.10 Å². The summed E-state index contributed by atoms with van der Waals surface area (Å²) in [7, 11) is -2.11. The lowest BCUT2D eigenvalue weighted by Gasteiger charge is -2.19. The van der Waals surface area contributed by atoms with E-state index in [0.717, 1.165) is 4.31 Å². The number of nitrogens with one attached hydrogen (secondary N) is 1. The molecule has 96 valence electrons. The molecule has 1 aromatic rings. The Morgan fingerprint density at radius 3 is 2.65 bits per heavy atom. The van der Waals surface area contributed by atoms with E-state index in [-0.39, 0.29) is 11.5 Å². The Morgan fingerprint density at radius 2 is 2.24 bits per heavy atom. The van der Waals surface area contributed by atoms with Gasteiger partial charge in [0.2, 0.25) is 10.0 Å². The summed E-state index contributed by atoms with van der Waals surface area (Å²) in [5.74, 6) is 1.04. The smallest absolute Gasteiger partial charge is 0.223 e. The average molecular weight is 277 g/mol. The predicted octanol–water partition coefficient (Wildman–Crippen LogP) is -0.451. The maximum atomic E-state index is 12.0. The first kappa shape index (κ1) is 14.0. The van der Waals surface area contributed by atoms with Crippen molar-refractivity contribution in [2.75, 3.05) is 7.05 Å². The zero-order chi connectivity index (χ0) is 13.2. The van der Waals surface area contributed by atoms with Gasteiger partial charge in [0, 0.05) is 7.05 Å². The van der Waals surface area contributed by atoms with Crippen molar-refractivity contribution < 1.29 is 8.42 Å². The van der Waals surface area contributed by atoms with E-state index in [1.54, 1.807) is 6.92 Å². The number of aromatic nitrogens is 3.